The van der Waals surface area contributed by atoms with Gasteiger partial charge in [-0.05, 0) is 28.1 Å². The summed E-state index contributed by atoms with van der Waals surface area (Å²) >= 11 is 8.92. The van der Waals surface area contributed by atoms with Crippen molar-refractivity contribution >= 4 is 39.0 Å². The largest absolute Gasteiger partial charge is 0.339 e. The summed E-state index contributed by atoms with van der Waals surface area (Å²) in [6.45, 7) is 0. The molecule has 1 aromatic heterocycles. The molecule has 88 valence electrons. The first-order chi connectivity index (χ1) is 8.06. The van der Waals surface area contributed by atoms with Crippen LogP contribution < -0.4 is 5.32 Å². The number of hydrogen-bond donors (Lipinski definition) is 1. The van der Waals surface area contributed by atoms with Crippen LogP contribution in [-0.2, 0) is 0 Å². The Kier molecular flexibility index (Phi) is 3.54. The Morgan fingerprint density at radius 1 is 1.12 bits per heavy atom. The van der Waals surface area contributed by atoms with Crippen LogP contribution in [-0.4, -0.2) is 9.97 Å². The Balaban J connectivity index is 2.34. The van der Waals surface area contributed by atoms with Crippen molar-refractivity contribution in [3.8, 4) is 0 Å². The molecule has 1 N–H and O–H groups in total. The van der Waals surface area contributed by atoms with E-state index in [2.05, 4.69) is 31.2 Å². The molecule has 0 aliphatic rings. The number of halogens is 4. The highest BCUT2D eigenvalue weighted by Gasteiger charge is 2.08. The molecule has 0 radical (unpaired) electrons. The topological polar surface area (TPSA) is 37.8 Å². The van der Waals surface area contributed by atoms with E-state index in [4.69, 9.17) is 11.6 Å². The Bertz CT molecular complexity index is 545. The molecule has 1 aromatic carbocycles. The Hall–Kier alpha value is -1.27. The Labute approximate surface area is 109 Å². The fourth-order valence-electron chi connectivity index (χ4n) is 1.20. The molecule has 2 aromatic rings. The van der Waals surface area contributed by atoms with Crippen molar-refractivity contribution in [3.63, 3.8) is 0 Å². The summed E-state index contributed by atoms with van der Waals surface area (Å²) in [7, 11) is 0. The standard InChI is InChI=1S/C10H5BrClF2N3/c11-8-9(12)15-4-16-10(8)17-7-2-5(13)1-6(14)3-7/h1-4H,(H,15,16,17). The molecular weight excluding hydrogens is 315 g/mol. The number of nitrogens with one attached hydrogen (secondary N) is 1. The van der Waals surface area contributed by atoms with Gasteiger partial charge in [0.1, 0.15) is 28.9 Å². The zero-order valence-electron chi connectivity index (χ0n) is 8.22. The van der Waals surface area contributed by atoms with Gasteiger partial charge in [0.15, 0.2) is 0 Å². The normalized spacial score (nSPS) is 10.4. The van der Waals surface area contributed by atoms with E-state index in [-0.39, 0.29) is 10.8 Å². The van der Waals surface area contributed by atoms with Gasteiger partial charge >= 0.3 is 0 Å². The van der Waals surface area contributed by atoms with E-state index in [1.807, 2.05) is 0 Å². The van der Waals surface area contributed by atoms with Gasteiger partial charge in [-0.3, -0.25) is 0 Å². The molecule has 0 fully saturated rings. The zero-order chi connectivity index (χ0) is 12.4. The van der Waals surface area contributed by atoms with Crippen molar-refractivity contribution in [2.75, 3.05) is 5.32 Å². The highest BCUT2D eigenvalue weighted by Crippen LogP contribution is 2.28. The highest BCUT2D eigenvalue weighted by atomic mass is 79.9. The molecule has 0 aliphatic carbocycles. The van der Waals surface area contributed by atoms with Gasteiger partial charge < -0.3 is 5.32 Å². The molecule has 7 heteroatoms. The molecule has 0 spiro atoms. The summed E-state index contributed by atoms with van der Waals surface area (Å²) < 4.78 is 26.3. The third-order valence-corrected chi connectivity index (χ3v) is 3.14. The lowest BCUT2D eigenvalue weighted by Gasteiger charge is -2.07. The van der Waals surface area contributed by atoms with Gasteiger partial charge in [0, 0.05) is 11.8 Å². The monoisotopic (exact) mass is 319 g/mol. The highest BCUT2D eigenvalue weighted by molar-refractivity contribution is 9.10. The van der Waals surface area contributed by atoms with E-state index in [1.54, 1.807) is 0 Å². The van der Waals surface area contributed by atoms with Crippen LogP contribution >= 0.6 is 27.5 Å². The summed E-state index contributed by atoms with van der Waals surface area (Å²) in [6.07, 6.45) is 1.24. The molecule has 0 aliphatic heterocycles. The second kappa shape index (κ2) is 4.93. The van der Waals surface area contributed by atoms with Gasteiger partial charge in [0.05, 0.1) is 4.47 Å². The quantitative estimate of drug-likeness (QED) is 0.852. The van der Waals surface area contributed by atoms with Crippen LogP contribution in [0.3, 0.4) is 0 Å². The average Bonchev–Trinajstić information content (AvgIpc) is 2.23. The summed E-state index contributed by atoms with van der Waals surface area (Å²) in [5.41, 5.74) is 0.234. The number of rotatable bonds is 2. The third kappa shape index (κ3) is 2.89. The summed E-state index contributed by atoms with van der Waals surface area (Å²) in [5, 5.41) is 2.94. The fourth-order valence-corrected chi connectivity index (χ4v) is 1.64. The molecule has 0 bridgehead atoms. The minimum absolute atomic E-state index is 0.208. The molecule has 3 nitrogen and oxygen atoms in total. The minimum atomic E-state index is -0.677. The summed E-state index contributed by atoms with van der Waals surface area (Å²) in [6, 6.07) is 3.07. The van der Waals surface area contributed by atoms with Gasteiger partial charge in [-0.25, -0.2) is 18.7 Å². The van der Waals surface area contributed by atoms with Crippen molar-refractivity contribution in [2.24, 2.45) is 0 Å². The van der Waals surface area contributed by atoms with Gasteiger partial charge in [-0.15, -0.1) is 0 Å². The molecule has 0 amide bonds. The average molecular weight is 321 g/mol. The van der Waals surface area contributed by atoms with Gasteiger partial charge in [-0.1, -0.05) is 11.6 Å². The van der Waals surface area contributed by atoms with Crippen LogP contribution in [0.1, 0.15) is 0 Å². The van der Waals surface area contributed by atoms with Crippen LogP contribution in [0.4, 0.5) is 20.3 Å². The van der Waals surface area contributed by atoms with Crippen LogP contribution in [0.2, 0.25) is 5.15 Å². The number of nitrogens with zero attached hydrogens (tertiary/aromatic N) is 2. The van der Waals surface area contributed by atoms with Crippen molar-refractivity contribution in [3.05, 3.63) is 45.8 Å². The van der Waals surface area contributed by atoms with Crippen LogP contribution in [0.5, 0.6) is 0 Å². The van der Waals surface area contributed by atoms with Gasteiger partial charge in [0.25, 0.3) is 0 Å². The molecule has 17 heavy (non-hydrogen) atoms. The first-order valence-electron chi connectivity index (χ1n) is 4.45. The van der Waals surface area contributed by atoms with Crippen molar-refractivity contribution in [1.82, 2.24) is 9.97 Å². The van der Waals surface area contributed by atoms with E-state index in [0.29, 0.717) is 10.3 Å². The predicted molar refractivity (Wildman–Crippen MR) is 64.4 cm³/mol. The van der Waals surface area contributed by atoms with E-state index in [1.165, 1.54) is 6.33 Å². The van der Waals surface area contributed by atoms with Gasteiger partial charge in [0.2, 0.25) is 0 Å². The molecule has 0 atom stereocenters. The first-order valence-corrected chi connectivity index (χ1v) is 5.62. The molecule has 0 unspecified atom stereocenters. The lowest BCUT2D eigenvalue weighted by Crippen LogP contribution is -1.97. The van der Waals surface area contributed by atoms with E-state index >= 15 is 0 Å². The molecule has 1 heterocycles. The minimum Gasteiger partial charge on any atom is -0.339 e. The maximum atomic E-state index is 13.0. The van der Waals surface area contributed by atoms with Crippen LogP contribution in [0.25, 0.3) is 0 Å². The fraction of sp³-hybridized carbons (Fsp3) is 0. The predicted octanol–water partition coefficient (Wildman–Crippen LogP) is 3.91. The lowest BCUT2D eigenvalue weighted by atomic mass is 10.3. The van der Waals surface area contributed by atoms with Gasteiger partial charge in [-0.2, -0.15) is 0 Å². The zero-order valence-corrected chi connectivity index (χ0v) is 10.6. The molecule has 0 saturated carbocycles. The number of anilines is 2. The molecular formula is C10H5BrClF2N3. The lowest BCUT2D eigenvalue weighted by molar-refractivity contribution is 0.584. The Morgan fingerprint density at radius 2 is 1.76 bits per heavy atom. The maximum Gasteiger partial charge on any atom is 0.149 e. The van der Waals surface area contributed by atoms with E-state index < -0.39 is 11.6 Å². The number of benzene rings is 1. The summed E-state index contributed by atoms with van der Waals surface area (Å²) in [4.78, 5) is 7.63. The molecule has 0 saturated heterocycles. The number of hydrogen-bond acceptors (Lipinski definition) is 3. The van der Waals surface area contributed by atoms with Crippen LogP contribution in [0, 0.1) is 11.6 Å². The Morgan fingerprint density at radius 3 is 2.41 bits per heavy atom. The van der Waals surface area contributed by atoms with Crippen molar-refractivity contribution in [2.45, 2.75) is 0 Å². The maximum absolute atomic E-state index is 13.0. The number of aromatic nitrogens is 2. The van der Waals surface area contributed by atoms with E-state index in [9.17, 15) is 8.78 Å². The second-order valence-electron chi connectivity index (χ2n) is 3.11. The van der Waals surface area contributed by atoms with Crippen molar-refractivity contribution < 1.29 is 8.78 Å². The van der Waals surface area contributed by atoms with Crippen LogP contribution in [0.15, 0.2) is 29.0 Å². The summed E-state index contributed by atoms with van der Waals surface area (Å²) in [5.74, 6) is -1.03. The van der Waals surface area contributed by atoms with Crippen molar-refractivity contribution in [1.29, 1.82) is 0 Å². The third-order valence-electron chi connectivity index (χ3n) is 1.87. The van der Waals surface area contributed by atoms with E-state index in [0.717, 1.165) is 18.2 Å². The second-order valence-corrected chi connectivity index (χ2v) is 4.26. The molecule has 2 rings (SSSR count). The smallest absolute Gasteiger partial charge is 0.149 e. The SMILES string of the molecule is Fc1cc(F)cc(Nc2ncnc(Cl)c2Br)c1. The first kappa shape index (κ1) is 12.2.